The number of halogens is 2. The van der Waals surface area contributed by atoms with Gasteiger partial charge in [-0.1, -0.05) is 22.0 Å². The highest BCUT2D eigenvalue weighted by Gasteiger charge is 2.36. The number of nitrogens with one attached hydrogen (secondary N) is 2. The van der Waals surface area contributed by atoms with E-state index in [0.29, 0.717) is 5.69 Å². The van der Waals surface area contributed by atoms with Gasteiger partial charge in [0.05, 0.1) is 18.2 Å². The van der Waals surface area contributed by atoms with Crippen LogP contribution in [0.25, 0.3) is 0 Å². The van der Waals surface area contributed by atoms with Gasteiger partial charge >= 0.3 is 0 Å². The van der Waals surface area contributed by atoms with Crippen LogP contribution in [0, 0.1) is 25.6 Å². The highest BCUT2D eigenvalue weighted by molar-refractivity contribution is 9.10. The fourth-order valence-electron chi connectivity index (χ4n) is 3.19. The Bertz CT molecular complexity index is 980. The first-order valence-corrected chi connectivity index (χ1v) is 9.94. The van der Waals surface area contributed by atoms with Crippen molar-refractivity contribution >= 4 is 45.0 Å². The van der Waals surface area contributed by atoms with E-state index in [4.69, 9.17) is 0 Å². The van der Waals surface area contributed by atoms with Crippen molar-refractivity contribution in [2.45, 2.75) is 20.3 Å². The molecule has 1 aliphatic rings. The molecule has 3 amide bonds. The van der Waals surface area contributed by atoms with Gasteiger partial charge in [0, 0.05) is 23.1 Å². The van der Waals surface area contributed by atoms with E-state index in [1.165, 1.54) is 17.0 Å². The largest absolute Gasteiger partial charge is 0.347 e. The zero-order valence-corrected chi connectivity index (χ0v) is 17.7. The molecule has 0 saturated carbocycles. The first-order valence-electron chi connectivity index (χ1n) is 9.15. The van der Waals surface area contributed by atoms with Crippen molar-refractivity contribution in [2.75, 3.05) is 23.3 Å². The molecule has 2 N–H and O–H groups in total. The monoisotopic (exact) mass is 461 g/mol. The van der Waals surface area contributed by atoms with Crippen LogP contribution in [-0.4, -0.2) is 30.8 Å². The average Bonchev–Trinajstić information content (AvgIpc) is 3.04. The van der Waals surface area contributed by atoms with Crippen molar-refractivity contribution in [3.63, 3.8) is 0 Å². The number of rotatable bonds is 5. The minimum atomic E-state index is -0.633. The summed E-state index contributed by atoms with van der Waals surface area (Å²) in [7, 11) is 0. The maximum absolute atomic E-state index is 14.2. The lowest BCUT2D eigenvalue weighted by molar-refractivity contribution is -0.127. The number of carbonyl (C=O) groups excluding carboxylic acids is 3. The summed E-state index contributed by atoms with van der Waals surface area (Å²) in [4.78, 5) is 38.0. The SMILES string of the molecule is Cc1ccc(N2CC(C(=O)NCC(=O)Nc3ccc(Br)c(C)c3)CC2=O)c(F)c1. The molecule has 29 heavy (non-hydrogen) atoms. The maximum Gasteiger partial charge on any atom is 0.243 e. The van der Waals surface area contributed by atoms with Crippen molar-refractivity contribution in [3.05, 3.63) is 57.8 Å². The molecule has 0 spiro atoms. The Morgan fingerprint density at radius 3 is 2.66 bits per heavy atom. The number of amides is 3. The van der Waals surface area contributed by atoms with E-state index in [2.05, 4.69) is 26.6 Å². The van der Waals surface area contributed by atoms with Crippen LogP contribution in [0.15, 0.2) is 40.9 Å². The maximum atomic E-state index is 14.2. The molecule has 1 aliphatic heterocycles. The molecule has 1 heterocycles. The average molecular weight is 462 g/mol. The number of aryl methyl sites for hydroxylation is 2. The van der Waals surface area contributed by atoms with E-state index < -0.39 is 17.6 Å². The normalized spacial score (nSPS) is 16.1. The minimum absolute atomic E-state index is 0.0212. The van der Waals surface area contributed by atoms with Crippen LogP contribution < -0.4 is 15.5 Å². The van der Waals surface area contributed by atoms with Crippen LogP contribution in [0.3, 0.4) is 0 Å². The molecule has 2 aromatic rings. The summed E-state index contributed by atoms with van der Waals surface area (Å²) in [5, 5.41) is 5.26. The third-order valence-electron chi connectivity index (χ3n) is 4.75. The predicted molar refractivity (Wildman–Crippen MR) is 112 cm³/mol. The Kier molecular flexibility index (Phi) is 6.32. The van der Waals surface area contributed by atoms with Gasteiger partial charge in [-0.15, -0.1) is 0 Å². The number of hydrogen-bond acceptors (Lipinski definition) is 3. The molecule has 0 radical (unpaired) electrons. The summed E-state index contributed by atoms with van der Waals surface area (Å²) < 4.78 is 15.1. The molecule has 152 valence electrons. The third-order valence-corrected chi connectivity index (χ3v) is 5.64. The highest BCUT2D eigenvalue weighted by Crippen LogP contribution is 2.28. The first-order chi connectivity index (χ1) is 13.7. The predicted octanol–water partition coefficient (Wildman–Crippen LogP) is 3.31. The molecule has 0 aromatic heterocycles. The summed E-state index contributed by atoms with van der Waals surface area (Å²) in [5.74, 6) is -2.22. The second kappa shape index (κ2) is 8.73. The highest BCUT2D eigenvalue weighted by atomic mass is 79.9. The van der Waals surface area contributed by atoms with Gasteiger partial charge in [0.1, 0.15) is 5.82 Å². The van der Waals surface area contributed by atoms with Crippen LogP contribution in [0.4, 0.5) is 15.8 Å². The molecule has 0 bridgehead atoms. The summed E-state index contributed by atoms with van der Waals surface area (Å²) in [5.41, 5.74) is 2.51. The Labute approximate surface area is 176 Å². The van der Waals surface area contributed by atoms with Crippen molar-refractivity contribution in [3.8, 4) is 0 Å². The lowest BCUT2D eigenvalue weighted by Crippen LogP contribution is -2.38. The standard InChI is InChI=1S/C21H21BrFN3O3/c1-12-3-6-18(17(23)7-12)26-11-14(9-20(26)28)21(29)24-10-19(27)25-15-4-5-16(22)13(2)8-15/h3-8,14H,9-11H2,1-2H3,(H,24,29)(H,25,27). The van der Waals surface area contributed by atoms with Crippen molar-refractivity contribution < 1.29 is 18.8 Å². The van der Waals surface area contributed by atoms with Crippen LogP contribution in [0.2, 0.25) is 0 Å². The summed E-state index contributed by atoms with van der Waals surface area (Å²) in [6.45, 7) is 3.53. The van der Waals surface area contributed by atoms with E-state index in [1.54, 1.807) is 19.1 Å². The Morgan fingerprint density at radius 1 is 1.21 bits per heavy atom. The Hall–Kier alpha value is -2.74. The van der Waals surface area contributed by atoms with Gasteiger partial charge < -0.3 is 15.5 Å². The molecule has 6 nitrogen and oxygen atoms in total. The zero-order chi connectivity index (χ0) is 21.1. The van der Waals surface area contributed by atoms with E-state index in [1.807, 2.05) is 19.1 Å². The summed E-state index contributed by atoms with van der Waals surface area (Å²) in [6, 6.07) is 9.99. The second-order valence-electron chi connectivity index (χ2n) is 7.09. The van der Waals surface area contributed by atoms with E-state index in [0.717, 1.165) is 15.6 Å². The smallest absolute Gasteiger partial charge is 0.243 e. The molecule has 3 rings (SSSR count). The van der Waals surface area contributed by atoms with Crippen molar-refractivity contribution in [1.29, 1.82) is 0 Å². The number of anilines is 2. The Balaban J connectivity index is 1.55. The van der Waals surface area contributed by atoms with Crippen LogP contribution in [0.1, 0.15) is 17.5 Å². The first kappa shape index (κ1) is 21.0. The summed E-state index contributed by atoms with van der Waals surface area (Å²) in [6.07, 6.45) is -0.0212. The molecule has 0 aliphatic carbocycles. The summed E-state index contributed by atoms with van der Waals surface area (Å²) >= 11 is 3.39. The van der Waals surface area contributed by atoms with Gasteiger partial charge in [-0.3, -0.25) is 14.4 Å². The lowest BCUT2D eigenvalue weighted by atomic mass is 10.1. The molecular formula is C21H21BrFN3O3. The van der Waals surface area contributed by atoms with Gasteiger partial charge in [-0.25, -0.2) is 4.39 Å². The fraction of sp³-hybridized carbons (Fsp3) is 0.286. The molecular weight excluding hydrogens is 441 g/mol. The zero-order valence-electron chi connectivity index (χ0n) is 16.1. The Morgan fingerprint density at radius 2 is 1.97 bits per heavy atom. The van der Waals surface area contributed by atoms with Gasteiger partial charge in [0.2, 0.25) is 17.7 Å². The number of hydrogen-bond donors (Lipinski definition) is 2. The van der Waals surface area contributed by atoms with E-state index in [9.17, 15) is 18.8 Å². The van der Waals surface area contributed by atoms with Crippen LogP contribution in [0.5, 0.6) is 0 Å². The van der Waals surface area contributed by atoms with Crippen molar-refractivity contribution in [2.24, 2.45) is 5.92 Å². The van der Waals surface area contributed by atoms with Gasteiger partial charge in [-0.2, -0.15) is 0 Å². The third kappa shape index (κ3) is 5.00. The number of benzene rings is 2. The van der Waals surface area contributed by atoms with Gasteiger partial charge in [0.15, 0.2) is 0 Å². The number of nitrogens with zero attached hydrogens (tertiary/aromatic N) is 1. The topological polar surface area (TPSA) is 78.5 Å². The lowest BCUT2D eigenvalue weighted by Gasteiger charge is -2.17. The van der Waals surface area contributed by atoms with Crippen molar-refractivity contribution in [1.82, 2.24) is 5.32 Å². The molecule has 2 aromatic carbocycles. The van der Waals surface area contributed by atoms with E-state index >= 15 is 0 Å². The fourth-order valence-corrected chi connectivity index (χ4v) is 3.43. The molecule has 8 heteroatoms. The number of carbonyl (C=O) groups is 3. The molecule has 1 unspecified atom stereocenters. The quantitative estimate of drug-likeness (QED) is 0.716. The van der Waals surface area contributed by atoms with Crippen LogP contribution >= 0.6 is 15.9 Å². The molecule has 1 saturated heterocycles. The molecule has 1 atom stereocenters. The molecule has 1 fully saturated rings. The second-order valence-corrected chi connectivity index (χ2v) is 7.94. The van der Waals surface area contributed by atoms with E-state index in [-0.39, 0.29) is 37.0 Å². The van der Waals surface area contributed by atoms with Gasteiger partial charge in [0.25, 0.3) is 0 Å². The van der Waals surface area contributed by atoms with Crippen LogP contribution in [-0.2, 0) is 14.4 Å². The van der Waals surface area contributed by atoms with Gasteiger partial charge in [-0.05, 0) is 55.3 Å². The minimum Gasteiger partial charge on any atom is -0.347 e.